The Balaban J connectivity index is 2.06. The van der Waals surface area contributed by atoms with Crippen LogP contribution in [-0.2, 0) is 0 Å². The summed E-state index contributed by atoms with van der Waals surface area (Å²) in [5.41, 5.74) is 0.735. The smallest absolute Gasteiger partial charge is 0.363 e. The van der Waals surface area contributed by atoms with Crippen LogP contribution in [0, 0.1) is 10.1 Å². The second-order valence-corrected chi connectivity index (χ2v) is 4.32. The van der Waals surface area contributed by atoms with E-state index < -0.39 is 4.92 Å². The molecule has 0 radical (unpaired) electrons. The third-order valence-electron chi connectivity index (χ3n) is 2.14. The molecule has 7 heteroatoms. The number of nitro groups is 1. The Morgan fingerprint density at radius 3 is 2.82 bits per heavy atom. The fourth-order valence-electron chi connectivity index (χ4n) is 1.34. The lowest BCUT2D eigenvalue weighted by molar-refractivity contribution is -0.389. The predicted molar refractivity (Wildman–Crippen MR) is 65.0 cm³/mol. The summed E-state index contributed by atoms with van der Waals surface area (Å²) in [6.45, 7) is 1.97. The maximum Gasteiger partial charge on any atom is 0.363 e. The number of anilines is 1. The molecule has 0 aromatic carbocycles. The van der Waals surface area contributed by atoms with E-state index in [2.05, 4.69) is 15.3 Å². The maximum atomic E-state index is 10.4. The minimum atomic E-state index is -0.520. The van der Waals surface area contributed by atoms with Crippen molar-refractivity contribution in [3.8, 4) is 0 Å². The van der Waals surface area contributed by atoms with E-state index in [1.54, 1.807) is 23.6 Å². The third-order valence-corrected chi connectivity index (χ3v) is 3.10. The summed E-state index contributed by atoms with van der Waals surface area (Å²) < 4.78 is 0. The molecule has 2 aromatic rings. The highest BCUT2D eigenvalue weighted by molar-refractivity contribution is 7.09. The first-order valence-electron chi connectivity index (χ1n) is 4.93. The van der Waals surface area contributed by atoms with E-state index >= 15 is 0 Å². The minimum absolute atomic E-state index is 0.0539. The van der Waals surface area contributed by atoms with Crippen molar-refractivity contribution in [2.75, 3.05) is 5.32 Å². The van der Waals surface area contributed by atoms with Gasteiger partial charge in [0.1, 0.15) is 5.01 Å². The average molecular weight is 250 g/mol. The molecule has 2 heterocycles. The van der Waals surface area contributed by atoms with E-state index in [0.29, 0.717) is 0 Å². The van der Waals surface area contributed by atoms with Crippen LogP contribution in [0.1, 0.15) is 18.0 Å². The van der Waals surface area contributed by atoms with Gasteiger partial charge in [-0.3, -0.25) is 0 Å². The third kappa shape index (κ3) is 2.76. The van der Waals surface area contributed by atoms with Crippen LogP contribution in [0.25, 0.3) is 0 Å². The number of hydrogen-bond donors (Lipinski definition) is 1. The first-order valence-corrected chi connectivity index (χ1v) is 5.81. The Labute approximate surface area is 102 Å². The lowest BCUT2D eigenvalue weighted by Gasteiger charge is -2.10. The van der Waals surface area contributed by atoms with Gasteiger partial charge < -0.3 is 15.4 Å². The number of nitrogens with zero attached hydrogens (tertiary/aromatic N) is 3. The highest BCUT2D eigenvalue weighted by atomic mass is 32.1. The van der Waals surface area contributed by atoms with Gasteiger partial charge in [-0.05, 0) is 22.9 Å². The van der Waals surface area contributed by atoms with Crippen molar-refractivity contribution in [2.45, 2.75) is 13.0 Å². The second-order valence-electron chi connectivity index (χ2n) is 3.40. The molecule has 1 N–H and O–H groups in total. The molecule has 6 nitrogen and oxygen atoms in total. The fourth-order valence-corrected chi connectivity index (χ4v) is 1.99. The number of thiazole rings is 1. The zero-order valence-electron chi connectivity index (χ0n) is 9.03. The van der Waals surface area contributed by atoms with E-state index in [1.807, 2.05) is 12.3 Å². The standard InChI is InChI=1S/C10H10N4O2S/c1-7(10-11-4-5-17-10)13-8-2-3-9(12-6-8)14(15)16/h2-7,13H,1H3. The van der Waals surface area contributed by atoms with Gasteiger partial charge in [-0.2, -0.15) is 0 Å². The van der Waals surface area contributed by atoms with E-state index in [1.165, 1.54) is 12.3 Å². The largest absolute Gasteiger partial charge is 0.373 e. The Morgan fingerprint density at radius 1 is 1.47 bits per heavy atom. The normalized spacial score (nSPS) is 12.1. The summed E-state index contributed by atoms with van der Waals surface area (Å²) in [6, 6.07) is 3.06. The summed E-state index contributed by atoms with van der Waals surface area (Å²) in [6.07, 6.45) is 3.19. The Bertz CT molecular complexity index is 498. The van der Waals surface area contributed by atoms with Crippen molar-refractivity contribution < 1.29 is 4.92 Å². The van der Waals surface area contributed by atoms with E-state index in [4.69, 9.17) is 0 Å². The zero-order valence-corrected chi connectivity index (χ0v) is 9.85. The van der Waals surface area contributed by atoms with Crippen LogP contribution in [0.4, 0.5) is 11.5 Å². The SMILES string of the molecule is CC(Nc1ccc([N+](=O)[O-])nc1)c1nccs1. The molecule has 0 aliphatic rings. The molecule has 0 saturated carbocycles. The molecule has 0 spiro atoms. The van der Waals surface area contributed by atoms with Crippen molar-refractivity contribution in [1.29, 1.82) is 0 Å². The molecular formula is C10H10N4O2S. The summed E-state index contributed by atoms with van der Waals surface area (Å²) in [5, 5.41) is 16.5. The van der Waals surface area contributed by atoms with Crippen LogP contribution in [0.2, 0.25) is 0 Å². The summed E-state index contributed by atoms with van der Waals surface area (Å²) in [4.78, 5) is 17.8. The van der Waals surface area contributed by atoms with Gasteiger partial charge in [0.15, 0.2) is 6.20 Å². The summed E-state index contributed by atoms with van der Waals surface area (Å²) in [5.74, 6) is -0.155. The van der Waals surface area contributed by atoms with Gasteiger partial charge >= 0.3 is 5.82 Å². The van der Waals surface area contributed by atoms with Gasteiger partial charge in [-0.1, -0.05) is 0 Å². The maximum absolute atomic E-state index is 10.4. The lowest BCUT2D eigenvalue weighted by atomic mass is 10.3. The van der Waals surface area contributed by atoms with Crippen LogP contribution >= 0.6 is 11.3 Å². The minimum Gasteiger partial charge on any atom is -0.373 e. The molecule has 0 aliphatic heterocycles. The first kappa shape index (κ1) is 11.5. The van der Waals surface area contributed by atoms with Crippen molar-refractivity contribution >= 4 is 22.8 Å². The van der Waals surface area contributed by atoms with Crippen molar-refractivity contribution in [3.05, 3.63) is 45.0 Å². The number of rotatable bonds is 4. The van der Waals surface area contributed by atoms with Crippen molar-refractivity contribution in [1.82, 2.24) is 9.97 Å². The Hall–Kier alpha value is -2.02. The van der Waals surface area contributed by atoms with E-state index in [0.717, 1.165) is 10.7 Å². The first-order chi connectivity index (χ1) is 8.16. The van der Waals surface area contributed by atoms with E-state index in [9.17, 15) is 10.1 Å². The monoisotopic (exact) mass is 250 g/mol. The molecule has 0 aliphatic carbocycles. The average Bonchev–Trinajstić information content (AvgIpc) is 2.83. The topological polar surface area (TPSA) is 81.0 Å². The summed E-state index contributed by atoms with van der Waals surface area (Å²) >= 11 is 1.56. The molecular weight excluding hydrogens is 240 g/mol. The molecule has 1 unspecified atom stereocenters. The molecule has 17 heavy (non-hydrogen) atoms. The van der Waals surface area contributed by atoms with Crippen LogP contribution in [-0.4, -0.2) is 14.9 Å². The number of aromatic nitrogens is 2. The van der Waals surface area contributed by atoms with Crippen LogP contribution in [0.15, 0.2) is 29.9 Å². The highest BCUT2D eigenvalue weighted by Gasteiger charge is 2.10. The molecule has 0 bridgehead atoms. The van der Waals surface area contributed by atoms with Crippen LogP contribution in [0.5, 0.6) is 0 Å². The second kappa shape index (κ2) is 4.88. The molecule has 0 amide bonds. The molecule has 0 fully saturated rings. The Morgan fingerprint density at radius 2 is 2.29 bits per heavy atom. The molecule has 88 valence electrons. The number of nitrogens with one attached hydrogen (secondary N) is 1. The number of pyridine rings is 1. The van der Waals surface area contributed by atoms with Crippen molar-refractivity contribution in [2.24, 2.45) is 0 Å². The van der Waals surface area contributed by atoms with Crippen LogP contribution in [0.3, 0.4) is 0 Å². The van der Waals surface area contributed by atoms with Gasteiger partial charge in [0, 0.05) is 17.6 Å². The quantitative estimate of drug-likeness (QED) is 0.666. The van der Waals surface area contributed by atoms with Gasteiger partial charge in [0.05, 0.1) is 11.7 Å². The molecule has 2 rings (SSSR count). The molecule has 1 atom stereocenters. The lowest BCUT2D eigenvalue weighted by Crippen LogP contribution is -2.06. The van der Waals surface area contributed by atoms with Gasteiger partial charge in [-0.25, -0.2) is 4.98 Å². The summed E-state index contributed by atoms with van der Waals surface area (Å²) in [7, 11) is 0. The van der Waals surface area contributed by atoms with Gasteiger partial charge in [-0.15, -0.1) is 11.3 Å². The highest BCUT2D eigenvalue weighted by Crippen LogP contribution is 2.21. The Kier molecular flexibility index (Phi) is 3.29. The number of hydrogen-bond acceptors (Lipinski definition) is 6. The van der Waals surface area contributed by atoms with Gasteiger partial charge in [0.2, 0.25) is 0 Å². The zero-order chi connectivity index (χ0) is 12.3. The molecule has 2 aromatic heterocycles. The van der Waals surface area contributed by atoms with Crippen molar-refractivity contribution in [3.63, 3.8) is 0 Å². The van der Waals surface area contributed by atoms with E-state index in [-0.39, 0.29) is 11.9 Å². The van der Waals surface area contributed by atoms with Gasteiger partial charge in [0.25, 0.3) is 0 Å². The molecule has 0 saturated heterocycles. The fraction of sp³-hybridized carbons (Fsp3) is 0.200. The van der Waals surface area contributed by atoms with Crippen LogP contribution < -0.4 is 5.32 Å². The predicted octanol–water partition coefficient (Wildman–Crippen LogP) is 2.62.